The molecule has 0 radical (unpaired) electrons. The summed E-state index contributed by atoms with van der Waals surface area (Å²) in [6.07, 6.45) is 0.931. The molecular weight excluding hydrogens is 234 g/mol. The second kappa shape index (κ2) is 5.48. The number of Topliss-reactive ketones (excluding diaryl/α,β-unsaturated/α-hetero) is 1. The molecule has 2 saturated heterocycles. The van der Waals surface area contributed by atoms with Gasteiger partial charge in [-0.15, -0.1) is 0 Å². The number of nitrogens with zero attached hydrogens (tertiary/aromatic N) is 3. The number of hydrogen-bond donors (Lipinski definition) is 0. The first-order valence-electron chi connectivity index (χ1n) is 6.32. The molecular formula is C12H19N3O3. The maximum atomic E-state index is 12.0. The van der Waals surface area contributed by atoms with E-state index < -0.39 is 0 Å². The van der Waals surface area contributed by atoms with E-state index in [1.54, 1.807) is 16.8 Å². The Bertz CT molecular complexity index is 360. The highest BCUT2D eigenvalue weighted by atomic mass is 16.2. The van der Waals surface area contributed by atoms with Crippen LogP contribution in [0.15, 0.2) is 0 Å². The van der Waals surface area contributed by atoms with Crippen molar-refractivity contribution in [3.63, 3.8) is 0 Å². The summed E-state index contributed by atoms with van der Waals surface area (Å²) in [7, 11) is 1.78. The Morgan fingerprint density at radius 3 is 2.39 bits per heavy atom. The van der Waals surface area contributed by atoms with Crippen LogP contribution in [0.5, 0.6) is 0 Å². The van der Waals surface area contributed by atoms with Gasteiger partial charge in [0, 0.05) is 46.1 Å². The molecule has 100 valence electrons. The molecule has 2 heterocycles. The van der Waals surface area contributed by atoms with Crippen LogP contribution in [0.25, 0.3) is 0 Å². The SMILES string of the molecule is CN1CCN(CC(=O)N2CCC(=O)CC2)CC1=O. The summed E-state index contributed by atoms with van der Waals surface area (Å²) < 4.78 is 0. The number of piperidine rings is 1. The van der Waals surface area contributed by atoms with Crippen molar-refractivity contribution in [2.45, 2.75) is 12.8 Å². The Morgan fingerprint density at radius 1 is 1.11 bits per heavy atom. The van der Waals surface area contributed by atoms with E-state index in [1.165, 1.54) is 0 Å². The lowest BCUT2D eigenvalue weighted by atomic mass is 10.1. The van der Waals surface area contributed by atoms with E-state index in [9.17, 15) is 14.4 Å². The van der Waals surface area contributed by atoms with Crippen molar-refractivity contribution in [3.05, 3.63) is 0 Å². The Balaban J connectivity index is 1.81. The van der Waals surface area contributed by atoms with E-state index in [2.05, 4.69) is 0 Å². The van der Waals surface area contributed by atoms with Crippen LogP contribution in [0.2, 0.25) is 0 Å². The van der Waals surface area contributed by atoms with Crippen LogP contribution >= 0.6 is 0 Å². The van der Waals surface area contributed by atoms with Crippen LogP contribution in [0.1, 0.15) is 12.8 Å². The van der Waals surface area contributed by atoms with Gasteiger partial charge in [0.05, 0.1) is 13.1 Å². The van der Waals surface area contributed by atoms with Crippen molar-refractivity contribution in [1.29, 1.82) is 0 Å². The molecule has 0 aromatic carbocycles. The van der Waals surface area contributed by atoms with Crippen LogP contribution in [-0.2, 0) is 14.4 Å². The van der Waals surface area contributed by atoms with Gasteiger partial charge < -0.3 is 9.80 Å². The van der Waals surface area contributed by atoms with Gasteiger partial charge in [-0.2, -0.15) is 0 Å². The van der Waals surface area contributed by atoms with Crippen molar-refractivity contribution in [1.82, 2.24) is 14.7 Å². The molecule has 0 spiro atoms. The number of amides is 2. The molecule has 0 bridgehead atoms. The van der Waals surface area contributed by atoms with Crippen LogP contribution in [0.4, 0.5) is 0 Å². The predicted octanol–water partition coefficient (Wildman–Crippen LogP) is -1.05. The van der Waals surface area contributed by atoms with Gasteiger partial charge >= 0.3 is 0 Å². The third-order valence-electron chi connectivity index (χ3n) is 3.57. The van der Waals surface area contributed by atoms with Crippen molar-refractivity contribution in [2.24, 2.45) is 0 Å². The summed E-state index contributed by atoms with van der Waals surface area (Å²) in [5, 5.41) is 0. The van der Waals surface area contributed by atoms with Crippen LogP contribution in [0, 0.1) is 0 Å². The summed E-state index contributed by atoms with van der Waals surface area (Å²) in [5.74, 6) is 0.316. The predicted molar refractivity (Wildman–Crippen MR) is 64.9 cm³/mol. The maximum absolute atomic E-state index is 12.0. The largest absolute Gasteiger partial charge is 0.343 e. The van der Waals surface area contributed by atoms with Gasteiger partial charge in [-0.1, -0.05) is 0 Å². The first kappa shape index (κ1) is 13.0. The van der Waals surface area contributed by atoms with Crippen LogP contribution in [-0.4, -0.2) is 78.6 Å². The first-order valence-corrected chi connectivity index (χ1v) is 6.32. The topological polar surface area (TPSA) is 60.9 Å². The lowest BCUT2D eigenvalue weighted by Gasteiger charge is -2.33. The van der Waals surface area contributed by atoms with E-state index in [4.69, 9.17) is 0 Å². The van der Waals surface area contributed by atoms with Gasteiger partial charge in [0.1, 0.15) is 5.78 Å². The first-order chi connectivity index (χ1) is 8.56. The molecule has 0 aromatic rings. The number of carbonyl (C=O) groups excluding carboxylic acids is 3. The number of likely N-dealkylation sites (N-methyl/N-ethyl adjacent to an activating group) is 1. The number of ketones is 1. The Kier molecular flexibility index (Phi) is 3.96. The quantitative estimate of drug-likeness (QED) is 0.630. The van der Waals surface area contributed by atoms with Crippen molar-refractivity contribution < 1.29 is 14.4 Å². The summed E-state index contributed by atoms with van der Waals surface area (Å²) >= 11 is 0. The summed E-state index contributed by atoms with van der Waals surface area (Å²) in [6, 6.07) is 0. The van der Waals surface area contributed by atoms with Crippen molar-refractivity contribution >= 4 is 17.6 Å². The monoisotopic (exact) mass is 253 g/mol. The number of piperazine rings is 1. The van der Waals surface area contributed by atoms with Gasteiger partial charge in [0.2, 0.25) is 11.8 Å². The lowest BCUT2D eigenvalue weighted by molar-refractivity contribution is -0.139. The average Bonchev–Trinajstić information content (AvgIpc) is 2.34. The highest BCUT2D eigenvalue weighted by Crippen LogP contribution is 2.08. The third kappa shape index (κ3) is 3.07. The molecule has 0 saturated carbocycles. The zero-order valence-electron chi connectivity index (χ0n) is 10.7. The van der Waals surface area contributed by atoms with E-state index in [0.717, 1.165) is 6.54 Å². The van der Waals surface area contributed by atoms with Gasteiger partial charge in [-0.05, 0) is 0 Å². The van der Waals surface area contributed by atoms with Gasteiger partial charge in [-0.25, -0.2) is 0 Å². The molecule has 2 aliphatic heterocycles. The molecule has 0 N–H and O–H groups in total. The van der Waals surface area contributed by atoms with Crippen LogP contribution in [0.3, 0.4) is 0 Å². The van der Waals surface area contributed by atoms with E-state index in [1.807, 2.05) is 4.90 Å². The highest BCUT2D eigenvalue weighted by molar-refractivity contribution is 5.85. The summed E-state index contributed by atoms with van der Waals surface area (Å²) in [5.41, 5.74) is 0. The Hall–Kier alpha value is -1.43. The molecule has 0 atom stereocenters. The Labute approximate surface area is 107 Å². The summed E-state index contributed by atoms with van der Waals surface area (Å²) in [4.78, 5) is 39.9. The molecule has 18 heavy (non-hydrogen) atoms. The minimum atomic E-state index is 0.0276. The molecule has 6 nitrogen and oxygen atoms in total. The van der Waals surface area contributed by atoms with Crippen molar-refractivity contribution in [2.75, 3.05) is 46.3 Å². The zero-order valence-corrected chi connectivity index (χ0v) is 10.7. The average molecular weight is 253 g/mol. The van der Waals surface area contributed by atoms with Gasteiger partial charge in [0.25, 0.3) is 0 Å². The fraction of sp³-hybridized carbons (Fsp3) is 0.750. The zero-order chi connectivity index (χ0) is 13.1. The number of carbonyl (C=O) groups is 3. The standard InChI is InChI=1S/C12H19N3O3/c1-13-6-7-14(8-11(13)17)9-12(18)15-4-2-10(16)3-5-15/h2-9H2,1H3. The molecule has 0 aromatic heterocycles. The molecule has 2 fully saturated rings. The maximum Gasteiger partial charge on any atom is 0.236 e. The molecule has 0 unspecified atom stereocenters. The lowest BCUT2D eigenvalue weighted by Crippen LogP contribution is -2.52. The van der Waals surface area contributed by atoms with E-state index >= 15 is 0 Å². The number of hydrogen-bond acceptors (Lipinski definition) is 4. The fourth-order valence-corrected chi connectivity index (χ4v) is 2.24. The minimum absolute atomic E-state index is 0.0276. The normalized spacial score (nSPS) is 22.5. The third-order valence-corrected chi connectivity index (χ3v) is 3.57. The Morgan fingerprint density at radius 2 is 1.78 bits per heavy atom. The molecule has 2 rings (SSSR count). The van der Waals surface area contributed by atoms with Crippen molar-refractivity contribution in [3.8, 4) is 0 Å². The van der Waals surface area contributed by atoms with Crippen LogP contribution < -0.4 is 0 Å². The number of rotatable bonds is 2. The highest BCUT2D eigenvalue weighted by Gasteiger charge is 2.26. The van der Waals surface area contributed by atoms with E-state index in [0.29, 0.717) is 39.0 Å². The molecule has 2 aliphatic rings. The molecule has 2 amide bonds. The minimum Gasteiger partial charge on any atom is -0.343 e. The van der Waals surface area contributed by atoms with Gasteiger partial charge in [-0.3, -0.25) is 19.3 Å². The number of likely N-dealkylation sites (tertiary alicyclic amines) is 1. The fourth-order valence-electron chi connectivity index (χ4n) is 2.24. The van der Waals surface area contributed by atoms with E-state index in [-0.39, 0.29) is 24.1 Å². The molecule has 0 aliphatic carbocycles. The molecule has 6 heteroatoms. The smallest absolute Gasteiger partial charge is 0.236 e. The second-order valence-electron chi connectivity index (χ2n) is 4.95. The van der Waals surface area contributed by atoms with Gasteiger partial charge in [0.15, 0.2) is 0 Å². The summed E-state index contributed by atoms with van der Waals surface area (Å²) in [6.45, 7) is 3.06. The second-order valence-corrected chi connectivity index (χ2v) is 4.95.